The molecule has 128 valence electrons. The summed E-state index contributed by atoms with van der Waals surface area (Å²) in [5, 5.41) is 2.30. The fraction of sp³-hybridized carbons (Fsp3) is 0.435. The van der Waals surface area contributed by atoms with Crippen molar-refractivity contribution < 1.29 is 4.79 Å². The highest BCUT2D eigenvalue weighted by atomic mass is 16.1. The van der Waals surface area contributed by atoms with Crippen LogP contribution in [0, 0.1) is 0 Å². The van der Waals surface area contributed by atoms with Crippen LogP contribution in [0.2, 0.25) is 0 Å². The van der Waals surface area contributed by atoms with Gasteiger partial charge in [-0.25, -0.2) is 0 Å². The normalized spacial score (nSPS) is 16.2. The largest absolute Gasteiger partial charge is 0.289 e. The molecule has 1 nitrogen and oxygen atoms in total. The molecule has 1 aromatic rings. The van der Waals surface area contributed by atoms with E-state index in [0.29, 0.717) is 0 Å². The summed E-state index contributed by atoms with van der Waals surface area (Å²) in [5.41, 5.74) is 5.31. The van der Waals surface area contributed by atoms with Gasteiger partial charge in [0.05, 0.1) is 0 Å². The van der Waals surface area contributed by atoms with Gasteiger partial charge in [-0.05, 0) is 75.1 Å². The van der Waals surface area contributed by atoms with Gasteiger partial charge in [0.25, 0.3) is 0 Å². The van der Waals surface area contributed by atoms with Crippen molar-refractivity contribution in [2.24, 2.45) is 0 Å². The SMILES string of the molecule is C=c1c(C(C)(C)C)cc(=C2C=C(C)C(=O)C(C)=C2)cc1C(C)(C)C. The summed E-state index contributed by atoms with van der Waals surface area (Å²) in [6, 6.07) is 4.49. The van der Waals surface area contributed by atoms with Gasteiger partial charge in [0, 0.05) is 0 Å². The van der Waals surface area contributed by atoms with E-state index in [4.69, 9.17) is 0 Å². The molecule has 1 aliphatic carbocycles. The number of rotatable bonds is 0. The predicted molar refractivity (Wildman–Crippen MR) is 105 cm³/mol. The molecule has 0 spiro atoms. The Morgan fingerprint density at radius 1 is 0.792 bits per heavy atom. The summed E-state index contributed by atoms with van der Waals surface area (Å²) >= 11 is 0. The average Bonchev–Trinajstić information content (AvgIpc) is 2.41. The second kappa shape index (κ2) is 5.88. The van der Waals surface area contributed by atoms with Crippen LogP contribution in [-0.4, -0.2) is 5.78 Å². The third-order valence-corrected chi connectivity index (χ3v) is 4.66. The minimum atomic E-state index is 0.0235. The summed E-state index contributed by atoms with van der Waals surface area (Å²) in [7, 11) is 0. The fourth-order valence-corrected chi connectivity index (χ4v) is 3.29. The van der Waals surface area contributed by atoms with Gasteiger partial charge >= 0.3 is 0 Å². The first-order valence-electron chi connectivity index (χ1n) is 8.62. The van der Waals surface area contributed by atoms with E-state index < -0.39 is 0 Å². The molecule has 0 N–H and O–H groups in total. The van der Waals surface area contributed by atoms with Crippen LogP contribution < -0.4 is 10.4 Å². The van der Waals surface area contributed by atoms with Gasteiger partial charge in [-0.1, -0.05) is 60.3 Å². The molecule has 0 atom stereocenters. The van der Waals surface area contributed by atoms with Crippen molar-refractivity contribution in [3.8, 4) is 0 Å². The van der Waals surface area contributed by atoms with E-state index in [1.54, 1.807) is 0 Å². The van der Waals surface area contributed by atoms with Crippen molar-refractivity contribution in [3.63, 3.8) is 0 Å². The zero-order valence-electron chi connectivity index (χ0n) is 16.4. The van der Waals surface area contributed by atoms with Gasteiger partial charge in [0.15, 0.2) is 5.78 Å². The highest BCUT2D eigenvalue weighted by molar-refractivity contribution is 6.12. The Kier molecular flexibility index (Phi) is 4.52. The predicted octanol–water partition coefficient (Wildman–Crippen LogP) is 4.32. The van der Waals surface area contributed by atoms with E-state index >= 15 is 0 Å². The molecule has 0 saturated heterocycles. The van der Waals surface area contributed by atoms with E-state index in [1.807, 2.05) is 26.0 Å². The molecule has 24 heavy (non-hydrogen) atoms. The standard InChI is InChI=1S/C23H30O/c1-14-10-17(11-15(2)21(14)24)18-12-19(22(4,5)6)16(3)20(13-18)23(7,8)9/h10-13H,3H2,1-2,4-9H3. The lowest BCUT2D eigenvalue weighted by Crippen LogP contribution is -2.33. The fourth-order valence-electron chi connectivity index (χ4n) is 3.29. The van der Waals surface area contributed by atoms with Crippen LogP contribution in [0.15, 0.2) is 35.4 Å². The second-order valence-electron chi connectivity index (χ2n) is 8.99. The van der Waals surface area contributed by atoms with Gasteiger partial charge in [0.1, 0.15) is 0 Å². The van der Waals surface area contributed by atoms with E-state index in [0.717, 1.165) is 21.9 Å². The Morgan fingerprint density at radius 2 is 1.17 bits per heavy atom. The number of carbonyl (C=O) groups excluding carboxylic acids is 1. The lowest BCUT2D eigenvalue weighted by atomic mass is 9.78. The molecule has 0 saturated carbocycles. The summed E-state index contributed by atoms with van der Waals surface area (Å²) in [5.74, 6) is 0.139. The first-order valence-corrected chi connectivity index (χ1v) is 8.62. The maximum absolute atomic E-state index is 12.0. The van der Waals surface area contributed by atoms with Crippen LogP contribution in [0.4, 0.5) is 0 Å². The maximum Gasteiger partial charge on any atom is 0.184 e. The highest BCUT2D eigenvalue weighted by Crippen LogP contribution is 2.24. The van der Waals surface area contributed by atoms with Gasteiger partial charge in [0.2, 0.25) is 0 Å². The number of Topliss-reactive ketones (excluding diaryl/α,β-unsaturated/α-hetero) is 1. The first-order chi connectivity index (χ1) is 10.8. The smallest absolute Gasteiger partial charge is 0.184 e. The molecule has 0 bridgehead atoms. The van der Waals surface area contributed by atoms with Crippen molar-refractivity contribution >= 4 is 17.9 Å². The molecule has 0 radical (unpaired) electrons. The van der Waals surface area contributed by atoms with Crippen molar-refractivity contribution in [1.82, 2.24) is 0 Å². The van der Waals surface area contributed by atoms with Crippen LogP contribution in [0.25, 0.3) is 12.2 Å². The van der Waals surface area contributed by atoms with Crippen LogP contribution in [0.3, 0.4) is 0 Å². The van der Waals surface area contributed by atoms with Gasteiger partial charge in [-0.2, -0.15) is 0 Å². The lowest BCUT2D eigenvalue weighted by Gasteiger charge is -2.27. The zero-order chi connectivity index (χ0) is 18.4. The number of allylic oxidation sites excluding steroid dienone is 4. The van der Waals surface area contributed by atoms with Crippen LogP contribution in [-0.2, 0) is 15.6 Å². The van der Waals surface area contributed by atoms with Gasteiger partial charge in [-0.3, -0.25) is 4.79 Å². The quantitative estimate of drug-likeness (QED) is 0.695. The average molecular weight is 322 g/mol. The first kappa shape index (κ1) is 18.4. The van der Waals surface area contributed by atoms with E-state index in [-0.39, 0.29) is 16.6 Å². The highest BCUT2D eigenvalue weighted by Gasteiger charge is 2.22. The maximum atomic E-state index is 12.0. The molecule has 1 aliphatic rings. The lowest BCUT2D eigenvalue weighted by molar-refractivity contribution is -0.112. The Labute approximate surface area is 146 Å². The summed E-state index contributed by atoms with van der Waals surface area (Å²) in [6.07, 6.45) is 4.01. The molecule has 0 unspecified atom stereocenters. The Bertz CT molecular complexity index is 797. The number of carbonyl (C=O) groups is 1. The Hall–Kier alpha value is -1.89. The molecule has 1 heteroatoms. The molecule has 1 aromatic carbocycles. The summed E-state index contributed by atoms with van der Waals surface area (Å²) < 4.78 is 0. The van der Waals surface area contributed by atoms with Crippen molar-refractivity contribution in [2.75, 3.05) is 0 Å². The monoisotopic (exact) mass is 322 g/mol. The summed E-state index contributed by atoms with van der Waals surface area (Å²) in [4.78, 5) is 12.0. The topological polar surface area (TPSA) is 17.1 Å². The molecule has 0 heterocycles. The van der Waals surface area contributed by atoms with Gasteiger partial charge < -0.3 is 0 Å². The second-order valence-corrected chi connectivity index (χ2v) is 8.99. The number of hydrogen-bond acceptors (Lipinski definition) is 1. The van der Waals surface area contributed by atoms with Crippen molar-refractivity contribution in [1.29, 1.82) is 0 Å². The van der Waals surface area contributed by atoms with E-state index in [2.05, 4.69) is 60.3 Å². The van der Waals surface area contributed by atoms with Crippen molar-refractivity contribution in [3.05, 3.63) is 57.0 Å². The third kappa shape index (κ3) is 3.45. The molecular weight excluding hydrogens is 292 g/mol. The number of ketones is 1. The molecule has 0 aliphatic heterocycles. The van der Waals surface area contributed by atoms with E-state index in [1.165, 1.54) is 16.3 Å². The molecule has 0 aromatic heterocycles. The molecular formula is C23H30O. The molecule has 0 amide bonds. The minimum Gasteiger partial charge on any atom is -0.289 e. The van der Waals surface area contributed by atoms with Crippen LogP contribution in [0.1, 0.15) is 66.5 Å². The molecule has 0 fully saturated rings. The molecule has 2 rings (SSSR count). The van der Waals surface area contributed by atoms with Crippen LogP contribution >= 0.6 is 0 Å². The van der Waals surface area contributed by atoms with Gasteiger partial charge in [-0.15, -0.1) is 0 Å². The Balaban J connectivity index is 2.95. The van der Waals surface area contributed by atoms with Crippen molar-refractivity contribution in [2.45, 2.75) is 66.2 Å². The minimum absolute atomic E-state index is 0.0235. The number of benzene rings is 1. The third-order valence-electron chi connectivity index (χ3n) is 4.66. The van der Waals surface area contributed by atoms with E-state index in [9.17, 15) is 4.79 Å². The summed E-state index contributed by atoms with van der Waals surface area (Å²) in [6.45, 7) is 21.5. The number of hydrogen-bond donors (Lipinski definition) is 0. The zero-order valence-corrected chi connectivity index (χ0v) is 16.4. The van der Waals surface area contributed by atoms with Crippen LogP contribution in [0.5, 0.6) is 0 Å². The Morgan fingerprint density at radius 3 is 1.50 bits per heavy atom.